The molecule has 4 aliphatic rings. The Hall–Kier alpha value is -0.520. The van der Waals surface area contributed by atoms with Gasteiger partial charge in [-0.3, -0.25) is 0 Å². The summed E-state index contributed by atoms with van der Waals surface area (Å²) in [7, 11) is 0. The third-order valence-corrected chi connectivity index (χ3v) is 5.01. The number of fused-ring (bicyclic) bond motifs is 3. The van der Waals surface area contributed by atoms with E-state index >= 15 is 0 Å². The molecule has 0 aromatic rings. The maximum atomic E-state index is 2.45. The van der Waals surface area contributed by atoms with Gasteiger partial charge in [-0.2, -0.15) is 0 Å². The van der Waals surface area contributed by atoms with E-state index in [0.29, 0.717) is 0 Å². The van der Waals surface area contributed by atoms with Gasteiger partial charge in [0.05, 0.1) is 0 Å². The summed E-state index contributed by atoms with van der Waals surface area (Å²) in [4.78, 5) is 0. The van der Waals surface area contributed by atoms with E-state index in [-0.39, 0.29) is 0 Å². The largest absolute Gasteiger partial charge is 0.0842 e. The van der Waals surface area contributed by atoms with Crippen LogP contribution in [0, 0.1) is 23.2 Å². The summed E-state index contributed by atoms with van der Waals surface area (Å²) in [5.74, 6) is 3.19. The first-order valence-corrected chi connectivity index (χ1v) is 5.21. The van der Waals surface area contributed by atoms with Gasteiger partial charge in [-0.15, -0.1) is 0 Å². The quantitative estimate of drug-likeness (QED) is 0.508. The molecule has 0 N–H and O–H groups in total. The Morgan fingerprint density at radius 1 is 1.42 bits per heavy atom. The lowest BCUT2D eigenvalue weighted by molar-refractivity contribution is 0.418. The molecule has 0 amide bonds. The second kappa shape index (κ2) is 1.34. The molecule has 4 atom stereocenters. The zero-order valence-electron chi connectivity index (χ0n) is 7.72. The lowest BCUT2D eigenvalue weighted by Crippen LogP contribution is -2.08. The molecule has 1 spiro atoms. The first kappa shape index (κ1) is 6.01. The van der Waals surface area contributed by atoms with E-state index in [2.05, 4.69) is 19.9 Å². The van der Waals surface area contributed by atoms with E-state index in [1.165, 1.54) is 12.8 Å². The van der Waals surface area contributed by atoms with Crippen LogP contribution in [0.2, 0.25) is 0 Å². The predicted octanol–water partition coefficient (Wildman–Crippen LogP) is 2.92. The second-order valence-electron chi connectivity index (χ2n) is 5.01. The summed E-state index contributed by atoms with van der Waals surface area (Å²) in [6.45, 7) is 4.65. The zero-order chi connectivity index (χ0) is 8.09. The standard InChI is InChI=1S/C12H14/c1-3-7-4-8-5-9(7)11-10-6(2)12(8,10)11/h3,6,8,10H,4-5H2,1-2H3. The molecule has 0 radical (unpaired) electrons. The van der Waals surface area contributed by atoms with Crippen molar-refractivity contribution in [2.24, 2.45) is 23.2 Å². The maximum Gasteiger partial charge on any atom is 0.00559 e. The van der Waals surface area contributed by atoms with E-state index in [9.17, 15) is 0 Å². The van der Waals surface area contributed by atoms with Crippen molar-refractivity contribution >= 4 is 0 Å². The molecule has 0 nitrogen and oxygen atoms in total. The fourth-order valence-corrected chi connectivity index (χ4v) is 4.42. The second-order valence-corrected chi connectivity index (χ2v) is 5.01. The normalized spacial score (nSPS) is 60.8. The van der Waals surface area contributed by atoms with Crippen LogP contribution in [0.1, 0.15) is 26.7 Å². The molecule has 4 rings (SSSR count). The lowest BCUT2D eigenvalue weighted by atomic mass is 9.88. The molecule has 0 heteroatoms. The van der Waals surface area contributed by atoms with Crippen molar-refractivity contribution in [2.45, 2.75) is 26.7 Å². The lowest BCUT2D eigenvalue weighted by Gasteiger charge is -2.16. The summed E-state index contributed by atoms with van der Waals surface area (Å²) in [6, 6.07) is 0. The topological polar surface area (TPSA) is 0 Å². The molecule has 0 aliphatic heterocycles. The van der Waals surface area contributed by atoms with Gasteiger partial charge in [0.25, 0.3) is 0 Å². The van der Waals surface area contributed by atoms with E-state index in [1.54, 1.807) is 11.1 Å². The van der Waals surface area contributed by atoms with Gasteiger partial charge in [0.1, 0.15) is 0 Å². The SMILES string of the molecule is CC=C1CC2CC1=C1C3C(C)C123. The summed E-state index contributed by atoms with van der Waals surface area (Å²) < 4.78 is 0. The Balaban J connectivity index is 1.93. The van der Waals surface area contributed by atoms with Crippen LogP contribution in [0.4, 0.5) is 0 Å². The minimum atomic E-state index is 0.821. The van der Waals surface area contributed by atoms with Gasteiger partial charge in [0, 0.05) is 5.41 Å². The van der Waals surface area contributed by atoms with Crippen molar-refractivity contribution in [3.05, 3.63) is 22.8 Å². The van der Waals surface area contributed by atoms with Gasteiger partial charge in [-0.05, 0) is 48.7 Å². The third kappa shape index (κ3) is 0.330. The van der Waals surface area contributed by atoms with Gasteiger partial charge in [-0.1, -0.05) is 18.6 Å². The average molecular weight is 158 g/mol. The fourth-order valence-electron chi connectivity index (χ4n) is 4.42. The van der Waals surface area contributed by atoms with Crippen LogP contribution in [0.25, 0.3) is 0 Å². The average Bonchev–Trinajstić information content (AvgIpc) is 2.85. The Morgan fingerprint density at radius 2 is 2.25 bits per heavy atom. The van der Waals surface area contributed by atoms with Gasteiger partial charge in [0.2, 0.25) is 0 Å². The smallest absolute Gasteiger partial charge is 0.00559 e. The molecule has 0 aromatic heterocycles. The third-order valence-electron chi connectivity index (χ3n) is 5.01. The summed E-state index contributed by atoms with van der Waals surface area (Å²) >= 11 is 0. The Kier molecular flexibility index (Phi) is 0.673. The van der Waals surface area contributed by atoms with Crippen molar-refractivity contribution < 1.29 is 0 Å². The number of hydrogen-bond donors (Lipinski definition) is 0. The zero-order valence-corrected chi connectivity index (χ0v) is 7.72. The van der Waals surface area contributed by atoms with Gasteiger partial charge < -0.3 is 0 Å². The van der Waals surface area contributed by atoms with Crippen molar-refractivity contribution in [3.8, 4) is 0 Å². The van der Waals surface area contributed by atoms with Crippen molar-refractivity contribution in [3.63, 3.8) is 0 Å². The molecular formula is C12H14. The maximum absolute atomic E-state index is 2.45. The highest BCUT2D eigenvalue weighted by Crippen LogP contribution is 2.93. The van der Waals surface area contributed by atoms with Crippen molar-refractivity contribution in [1.29, 1.82) is 0 Å². The van der Waals surface area contributed by atoms with E-state index in [4.69, 9.17) is 0 Å². The van der Waals surface area contributed by atoms with Crippen LogP contribution < -0.4 is 0 Å². The van der Waals surface area contributed by atoms with E-state index in [0.717, 1.165) is 23.2 Å². The summed E-state index contributed by atoms with van der Waals surface area (Å²) in [6.07, 6.45) is 5.20. The van der Waals surface area contributed by atoms with E-state index < -0.39 is 0 Å². The Labute approximate surface area is 73.4 Å². The van der Waals surface area contributed by atoms with Gasteiger partial charge in [0.15, 0.2) is 0 Å². The molecule has 0 saturated heterocycles. The minimum Gasteiger partial charge on any atom is -0.0842 e. The molecular weight excluding hydrogens is 144 g/mol. The Morgan fingerprint density at radius 3 is 2.83 bits per heavy atom. The highest BCUT2D eigenvalue weighted by atomic mass is 14.9. The van der Waals surface area contributed by atoms with Crippen LogP contribution in [-0.4, -0.2) is 0 Å². The number of rotatable bonds is 0. The molecule has 0 heterocycles. The predicted molar refractivity (Wildman–Crippen MR) is 48.6 cm³/mol. The van der Waals surface area contributed by atoms with Gasteiger partial charge >= 0.3 is 0 Å². The number of hydrogen-bond acceptors (Lipinski definition) is 0. The molecule has 12 heavy (non-hydrogen) atoms. The molecule has 4 aliphatic carbocycles. The molecule has 62 valence electrons. The van der Waals surface area contributed by atoms with Crippen molar-refractivity contribution in [2.75, 3.05) is 0 Å². The van der Waals surface area contributed by atoms with Gasteiger partial charge in [-0.25, -0.2) is 0 Å². The monoisotopic (exact) mass is 158 g/mol. The molecule has 3 saturated carbocycles. The minimum absolute atomic E-state index is 0.821. The van der Waals surface area contributed by atoms with Crippen molar-refractivity contribution in [1.82, 2.24) is 0 Å². The summed E-state index contributed by atoms with van der Waals surface area (Å²) in [5, 5.41) is 0. The Bertz CT molecular complexity index is 358. The van der Waals surface area contributed by atoms with Crippen LogP contribution in [0.5, 0.6) is 0 Å². The summed E-state index contributed by atoms with van der Waals surface area (Å²) in [5.41, 5.74) is 6.21. The molecule has 0 aromatic carbocycles. The van der Waals surface area contributed by atoms with Crippen LogP contribution in [0.3, 0.4) is 0 Å². The molecule has 4 unspecified atom stereocenters. The first-order chi connectivity index (χ1) is 5.81. The van der Waals surface area contributed by atoms with Crippen LogP contribution in [0.15, 0.2) is 22.8 Å². The van der Waals surface area contributed by atoms with Crippen LogP contribution in [-0.2, 0) is 0 Å². The van der Waals surface area contributed by atoms with E-state index in [1.807, 2.05) is 5.57 Å². The fraction of sp³-hybridized carbons (Fsp3) is 0.667. The highest BCUT2D eigenvalue weighted by molar-refractivity contribution is 5.68. The van der Waals surface area contributed by atoms with Crippen LogP contribution >= 0.6 is 0 Å². The first-order valence-electron chi connectivity index (χ1n) is 5.21. The highest BCUT2D eigenvalue weighted by Gasteiger charge is 2.87. The molecule has 3 fully saturated rings. The number of allylic oxidation sites excluding steroid dienone is 4. The molecule has 2 bridgehead atoms.